The first-order chi connectivity index (χ1) is 8.67. The molecule has 18 heavy (non-hydrogen) atoms. The Hall–Kier alpha value is -1.42. The zero-order valence-corrected chi connectivity index (χ0v) is 11.6. The van der Waals surface area contributed by atoms with E-state index in [2.05, 4.69) is 15.9 Å². The molecule has 0 fully saturated rings. The predicted octanol–water partition coefficient (Wildman–Crippen LogP) is 3.57. The van der Waals surface area contributed by atoms with Gasteiger partial charge in [0.15, 0.2) is 0 Å². The molecule has 0 aliphatic heterocycles. The number of hydrogen-bond acceptors (Lipinski definition) is 1. The van der Waals surface area contributed by atoms with Crippen LogP contribution in [0.25, 0.3) is 11.3 Å². The smallest absolute Gasteiger partial charge is 0.255 e. The number of rotatable bonds is 3. The predicted molar refractivity (Wildman–Crippen MR) is 74.4 cm³/mol. The van der Waals surface area contributed by atoms with Gasteiger partial charge in [0.25, 0.3) is 5.56 Å². The maximum atomic E-state index is 12.9. The highest BCUT2D eigenvalue weighted by Gasteiger charge is 2.08. The van der Waals surface area contributed by atoms with Crippen molar-refractivity contribution in [2.75, 3.05) is 0 Å². The Balaban J connectivity index is 2.61. The van der Waals surface area contributed by atoms with Gasteiger partial charge in [-0.15, -0.1) is 0 Å². The van der Waals surface area contributed by atoms with Crippen molar-refractivity contribution in [3.05, 3.63) is 58.1 Å². The van der Waals surface area contributed by atoms with E-state index < -0.39 is 0 Å². The number of alkyl halides is 1. The summed E-state index contributed by atoms with van der Waals surface area (Å²) in [5.41, 5.74) is 2.38. The van der Waals surface area contributed by atoms with E-state index in [1.54, 1.807) is 16.7 Å². The second kappa shape index (κ2) is 5.48. The Morgan fingerprint density at radius 1 is 1.17 bits per heavy atom. The molecule has 0 saturated carbocycles. The lowest BCUT2D eigenvalue weighted by Gasteiger charge is -2.12. The van der Waals surface area contributed by atoms with Crippen LogP contribution < -0.4 is 5.56 Å². The maximum Gasteiger partial charge on any atom is 0.255 e. The Labute approximate surface area is 113 Å². The minimum absolute atomic E-state index is 0.00352. The standard InChI is InChI=1S/C14H13BrFNO/c1-2-17-13(8-5-11(9-15)14(17)18)10-3-6-12(16)7-4-10/h3-8H,2,9H2,1H3. The average Bonchev–Trinajstić information content (AvgIpc) is 2.39. The molecule has 0 aliphatic rings. The van der Waals surface area contributed by atoms with Crippen molar-refractivity contribution in [1.29, 1.82) is 0 Å². The van der Waals surface area contributed by atoms with Crippen molar-refractivity contribution in [2.45, 2.75) is 18.8 Å². The molecule has 1 aromatic heterocycles. The molecule has 4 heteroatoms. The van der Waals surface area contributed by atoms with E-state index in [-0.39, 0.29) is 11.4 Å². The van der Waals surface area contributed by atoms with Crippen molar-refractivity contribution >= 4 is 15.9 Å². The topological polar surface area (TPSA) is 22.0 Å². The highest BCUT2D eigenvalue weighted by molar-refractivity contribution is 9.08. The normalized spacial score (nSPS) is 10.6. The molecule has 2 aromatic rings. The van der Waals surface area contributed by atoms with E-state index in [1.807, 2.05) is 19.1 Å². The summed E-state index contributed by atoms with van der Waals surface area (Å²) in [5.74, 6) is -0.277. The number of aromatic nitrogens is 1. The van der Waals surface area contributed by atoms with Crippen molar-refractivity contribution in [1.82, 2.24) is 4.57 Å². The summed E-state index contributed by atoms with van der Waals surface area (Å²) < 4.78 is 14.6. The van der Waals surface area contributed by atoms with Crippen molar-refractivity contribution in [3.63, 3.8) is 0 Å². The van der Waals surface area contributed by atoms with E-state index in [1.165, 1.54) is 12.1 Å². The molecule has 2 rings (SSSR count). The molecule has 1 aromatic carbocycles. The third-order valence-electron chi connectivity index (χ3n) is 2.85. The fourth-order valence-corrected chi connectivity index (χ4v) is 2.34. The summed E-state index contributed by atoms with van der Waals surface area (Å²) in [6, 6.07) is 9.88. The Bertz CT molecular complexity index is 604. The lowest BCUT2D eigenvalue weighted by Crippen LogP contribution is -2.23. The monoisotopic (exact) mass is 309 g/mol. The highest BCUT2D eigenvalue weighted by Crippen LogP contribution is 2.19. The Morgan fingerprint density at radius 2 is 1.83 bits per heavy atom. The molecule has 94 valence electrons. The van der Waals surface area contributed by atoms with Crippen LogP contribution in [0.15, 0.2) is 41.2 Å². The summed E-state index contributed by atoms with van der Waals surface area (Å²) in [6.45, 7) is 2.51. The molecule has 0 aliphatic carbocycles. The summed E-state index contributed by atoms with van der Waals surface area (Å²) >= 11 is 3.30. The van der Waals surface area contributed by atoms with Crippen LogP contribution in [0.4, 0.5) is 4.39 Å². The lowest BCUT2D eigenvalue weighted by atomic mass is 10.1. The molecule has 0 radical (unpaired) electrons. The van der Waals surface area contributed by atoms with Crippen molar-refractivity contribution in [3.8, 4) is 11.3 Å². The third kappa shape index (κ3) is 2.38. The van der Waals surface area contributed by atoms with Gasteiger partial charge in [0, 0.05) is 17.4 Å². The second-order valence-corrected chi connectivity index (χ2v) is 4.49. The zero-order chi connectivity index (χ0) is 13.1. The van der Waals surface area contributed by atoms with Crippen LogP contribution in [0, 0.1) is 5.82 Å². The van der Waals surface area contributed by atoms with Gasteiger partial charge in [-0.25, -0.2) is 4.39 Å². The van der Waals surface area contributed by atoms with Crippen LogP contribution in [0.2, 0.25) is 0 Å². The summed E-state index contributed by atoms with van der Waals surface area (Å²) in [5, 5.41) is 0.537. The van der Waals surface area contributed by atoms with Crippen LogP contribution in [-0.4, -0.2) is 4.57 Å². The summed E-state index contributed by atoms with van der Waals surface area (Å²) in [7, 11) is 0. The lowest BCUT2D eigenvalue weighted by molar-refractivity contribution is 0.628. The van der Waals surface area contributed by atoms with E-state index in [0.29, 0.717) is 11.9 Å². The quantitative estimate of drug-likeness (QED) is 0.794. The van der Waals surface area contributed by atoms with Crippen LogP contribution >= 0.6 is 15.9 Å². The van der Waals surface area contributed by atoms with E-state index in [4.69, 9.17) is 0 Å². The minimum Gasteiger partial charge on any atom is -0.308 e. The first-order valence-electron chi connectivity index (χ1n) is 5.72. The van der Waals surface area contributed by atoms with Crippen LogP contribution in [0.3, 0.4) is 0 Å². The average molecular weight is 310 g/mol. The number of halogens is 2. The Kier molecular flexibility index (Phi) is 3.97. The molecule has 0 atom stereocenters. The van der Waals surface area contributed by atoms with Crippen LogP contribution in [-0.2, 0) is 11.9 Å². The van der Waals surface area contributed by atoms with Crippen LogP contribution in [0.1, 0.15) is 12.5 Å². The molecule has 0 saturated heterocycles. The minimum atomic E-state index is -0.277. The molecule has 1 heterocycles. The SMILES string of the molecule is CCn1c(-c2ccc(F)cc2)ccc(CBr)c1=O. The zero-order valence-electron chi connectivity index (χ0n) is 9.99. The van der Waals surface area contributed by atoms with E-state index in [9.17, 15) is 9.18 Å². The van der Waals surface area contributed by atoms with Crippen LogP contribution in [0.5, 0.6) is 0 Å². The van der Waals surface area contributed by atoms with Gasteiger partial charge in [-0.1, -0.05) is 22.0 Å². The van der Waals surface area contributed by atoms with Gasteiger partial charge in [-0.2, -0.15) is 0 Å². The molecule has 0 bridgehead atoms. The van der Waals surface area contributed by atoms with Gasteiger partial charge in [-0.05, 0) is 42.8 Å². The molecule has 0 amide bonds. The fraction of sp³-hybridized carbons (Fsp3) is 0.214. The molecular formula is C14H13BrFNO. The van der Waals surface area contributed by atoms with E-state index >= 15 is 0 Å². The highest BCUT2D eigenvalue weighted by atomic mass is 79.9. The van der Waals surface area contributed by atoms with E-state index in [0.717, 1.165) is 16.8 Å². The molecule has 0 unspecified atom stereocenters. The van der Waals surface area contributed by atoms with Gasteiger partial charge < -0.3 is 4.57 Å². The number of benzene rings is 1. The second-order valence-electron chi connectivity index (χ2n) is 3.93. The van der Waals surface area contributed by atoms with Crippen molar-refractivity contribution in [2.24, 2.45) is 0 Å². The van der Waals surface area contributed by atoms with Gasteiger partial charge in [0.1, 0.15) is 5.82 Å². The molecular weight excluding hydrogens is 297 g/mol. The van der Waals surface area contributed by atoms with Gasteiger partial charge >= 0.3 is 0 Å². The van der Waals surface area contributed by atoms with Gasteiger partial charge in [-0.3, -0.25) is 4.79 Å². The number of nitrogens with zero attached hydrogens (tertiary/aromatic N) is 1. The molecule has 0 N–H and O–H groups in total. The molecule has 0 spiro atoms. The molecule has 2 nitrogen and oxygen atoms in total. The summed E-state index contributed by atoms with van der Waals surface area (Å²) in [4.78, 5) is 12.2. The van der Waals surface area contributed by atoms with Gasteiger partial charge in [0.2, 0.25) is 0 Å². The van der Waals surface area contributed by atoms with Gasteiger partial charge in [0.05, 0.1) is 5.69 Å². The third-order valence-corrected chi connectivity index (χ3v) is 3.46. The first-order valence-corrected chi connectivity index (χ1v) is 6.84. The largest absolute Gasteiger partial charge is 0.308 e. The Morgan fingerprint density at radius 3 is 2.39 bits per heavy atom. The number of pyridine rings is 1. The fourth-order valence-electron chi connectivity index (χ4n) is 1.91. The number of hydrogen-bond donors (Lipinski definition) is 0. The summed E-state index contributed by atoms with van der Waals surface area (Å²) in [6.07, 6.45) is 0. The maximum absolute atomic E-state index is 12.9. The van der Waals surface area contributed by atoms with Crippen molar-refractivity contribution < 1.29 is 4.39 Å². The first kappa shape index (κ1) is 13.0.